The highest BCUT2D eigenvalue weighted by atomic mass is 16.5. The molecule has 3 atom stereocenters. The van der Waals surface area contributed by atoms with Crippen molar-refractivity contribution in [3.05, 3.63) is 36.2 Å². The second kappa shape index (κ2) is 6.12. The lowest BCUT2D eigenvalue weighted by Gasteiger charge is -2.49. The molecule has 118 valence electrons. The van der Waals surface area contributed by atoms with E-state index in [0.717, 1.165) is 18.3 Å². The number of aliphatic hydroxyl groups is 1. The molecule has 22 heavy (non-hydrogen) atoms. The molecule has 0 aromatic carbocycles. The van der Waals surface area contributed by atoms with E-state index in [4.69, 9.17) is 4.74 Å². The van der Waals surface area contributed by atoms with Crippen LogP contribution in [0.25, 0.3) is 0 Å². The molecule has 3 rings (SSSR count). The number of hydrogen-bond donors (Lipinski definition) is 1. The van der Waals surface area contributed by atoms with Crippen molar-refractivity contribution in [2.45, 2.75) is 25.2 Å². The summed E-state index contributed by atoms with van der Waals surface area (Å²) in [7, 11) is 0. The number of aldehydes is 1. The zero-order valence-corrected chi connectivity index (χ0v) is 12.5. The fraction of sp³-hybridized carbons (Fsp3) is 0.533. The van der Waals surface area contributed by atoms with Gasteiger partial charge >= 0.3 is 0 Å². The first kappa shape index (κ1) is 15.1. The molecule has 1 fully saturated rings. The maximum absolute atomic E-state index is 11.8. The first-order chi connectivity index (χ1) is 10.7. The van der Waals surface area contributed by atoms with Crippen molar-refractivity contribution in [2.24, 2.45) is 5.92 Å². The van der Waals surface area contributed by atoms with Gasteiger partial charge in [0.25, 0.3) is 0 Å². The minimum Gasteiger partial charge on any atom is -0.392 e. The topological polar surface area (TPSA) is 80.5 Å². The van der Waals surface area contributed by atoms with Crippen LogP contribution < -0.4 is 0 Å². The van der Waals surface area contributed by atoms with Crippen molar-refractivity contribution in [3.63, 3.8) is 0 Å². The molecule has 0 bridgehead atoms. The Bertz CT molecular complexity index is 584. The van der Waals surface area contributed by atoms with Crippen LogP contribution >= 0.6 is 0 Å². The molecular weight excluding hydrogens is 284 g/mol. The molecule has 1 N–H and O–H groups in total. The molecule has 1 aromatic rings. The number of carbonyl (C=O) groups excluding carboxylic acids is 1. The zero-order chi connectivity index (χ0) is 15.6. The Morgan fingerprint density at radius 1 is 1.50 bits per heavy atom. The van der Waals surface area contributed by atoms with Crippen molar-refractivity contribution in [2.75, 3.05) is 19.8 Å². The van der Waals surface area contributed by atoms with Gasteiger partial charge in [-0.2, -0.15) is 15.0 Å². The van der Waals surface area contributed by atoms with Gasteiger partial charge in [0.15, 0.2) is 5.66 Å². The second-order valence-corrected chi connectivity index (χ2v) is 5.56. The van der Waals surface area contributed by atoms with E-state index in [1.54, 1.807) is 12.4 Å². The second-order valence-electron chi connectivity index (χ2n) is 5.56. The van der Waals surface area contributed by atoms with Gasteiger partial charge in [0.05, 0.1) is 31.5 Å². The largest absolute Gasteiger partial charge is 0.392 e. The Morgan fingerprint density at radius 2 is 2.27 bits per heavy atom. The fourth-order valence-corrected chi connectivity index (χ4v) is 3.22. The van der Waals surface area contributed by atoms with Crippen LogP contribution in [0.15, 0.2) is 36.2 Å². The summed E-state index contributed by atoms with van der Waals surface area (Å²) >= 11 is 0. The third kappa shape index (κ3) is 2.31. The molecule has 1 aliphatic carbocycles. The summed E-state index contributed by atoms with van der Waals surface area (Å²) in [5.41, 5.74) is 0.122. The predicted octanol–water partition coefficient (Wildman–Crippen LogP) is 0.303. The average Bonchev–Trinajstić information content (AvgIpc) is 3.10. The van der Waals surface area contributed by atoms with Gasteiger partial charge in [-0.1, -0.05) is 17.7 Å². The van der Waals surface area contributed by atoms with Crippen molar-refractivity contribution in [1.29, 1.82) is 0 Å². The smallest absolute Gasteiger partial charge is 0.168 e. The molecule has 1 saturated heterocycles. The predicted molar refractivity (Wildman–Crippen MR) is 78.6 cm³/mol. The molecular formula is C15H20N4O3. The molecule has 1 aliphatic heterocycles. The van der Waals surface area contributed by atoms with Crippen molar-refractivity contribution < 1.29 is 14.6 Å². The van der Waals surface area contributed by atoms with Crippen LogP contribution in [0.3, 0.4) is 0 Å². The van der Waals surface area contributed by atoms with E-state index >= 15 is 0 Å². The monoisotopic (exact) mass is 304 g/mol. The third-order valence-electron chi connectivity index (χ3n) is 4.23. The number of aliphatic hydroxyl groups excluding tert-OH is 1. The molecule has 2 unspecified atom stereocenters. The molecule has 0 spiro atoms. The highest BCUT2D eigenvalue weighted by Crippen LogP contribution is 2.38. The Labute approximate surface area is 128 Å². The Hall–Kier alpha value is -1.83. The van der Waals surface area contributed by atoms with Crippen LogP contribution in [0.5, 0.6) is 0 Å². The average molecular weight is 304 g/mol. The molecule has 0 amide bonds. The number of allylic oxidation sites excluding steroid dienone is 2. The van der Waals surface area contributed by atoms with E-state index in [1.807, 2.05) is 30.1 Å². The van der Waals surface area contributed by atoms with Crippen molar-refractivity contribution in [3.8, 4) is 0 Å². The lowest BCUT2D eigenvalue weighted by molar-refractivity contribution is -0.183. The highest BCUT2D eigenvalue weighted by Gasteiger charge is 2.49. The molecule has 7 nitrogen and oxygen atoms in total. The van der Waals surface area contributed by atoms with E-state index in [9.17, 15) is 9.90 Å². The van der Waals surface area contributed by atoms with Crippen LogP contribution in [0, 0.1) is 5.92 Å². The normalized spacial score (nSPS) is 32.7. The minimum atomic E-state index is -0.890. The molecule has 2 aliphatic rings. The highest BCUT2D eigenvalue weighted by molar-refractivity contribution is 5.61. The summed E-state index contributed by atoms with van der Waals surface area (Å²) < 4.78 is 5.67. The lowest BCUT2D eigenvalue weighted by atomic mass is 9.85. The van der Waals surface area contributed by atoms with Gasteiger partial charge in [-0.3, -0.25) is 0 Å². The van der Waals surface area contributed by atoms with Gasteiger partial charge in [-0.25, -0.2) is 4.90 Å². The molecule has 7 heteroatoms. The van der Waals surface area contributed by atoms with Crippen LogP contribution in [0.2, 0.25) is 0 Å². The lowest BCUT2D eigenvalue weighted by Crippen LogP contribution is -2.62. The van der Waals surface area contributed by atoms with Gasteiger partial charge in [0.2, 0.25) is 0 Å². The van der Waals surface area contributed by atoms with E-state index in [2.05, 4.69) is 10.2 Å². The summed E-state index contributed by atoms with van der Waals surface area (Å²) in [5.74, 6) is -0.458. The fourth-order valence-electron chi connectivity index (χ4n) is 3.22. The summed E-state index contributed by atoms with van der Waals surface area (Å²) in [4.78, 5) is 15.3. The van der Waals surface area contributed by atoms with Crippen LogP contribution in [0.4, 0.5) is 0 Å². The quantitative estimate of drug-likeness (QED) is 0.806. The van der Waals surface area contributed by atoms with E-state index in [1.165, 1.54) is 4.80 Å². The zero-order valence-electron chi connectivity index (χ0n) is 12.5. The van der Waals surface area contributed by atoms with Crippen LogP contribution in [-0.2, 0) is 15.2 Å². The number of nitrogens with zero attached hydrogens (tertiary/aromatic N) is 4. The summed E-state index contributed by atoms with van der Waals surface area (Å²) in [5, 5.41) is 18.2. The SMILES string of the molecule is CC1=CC(C=O)C(N2CCCO[C@H]2CO)(n2nccn2)C=C1. The van der Waals surface area contributed by atoms with Gasteiger partial charge in [-0.05, 0) is 19.4 Å². The molecule has 0 radical (unpaired) electrons. The van der Waals surface area contributed by atoms with Crippen molar-refractivity contribution in [1.82, 2.24) is 19.9 Å². The number of ether oxygens (including phenoxy) is 1. The standard InChI is InChI=1S/C15H20N4O3/c1-12-3-4-15(13(9-12)10-20,19-16-5-6-17-19)18-7-2-8-22-14(18)11-21/h3-6,9-10,13-14,21H,2,7-8,11H2,1H3/t13?,14-,15?/m0/s1. The number of carbonyl (C=O) groups is 1. The van der Waals surface area contributed by atoms with E-state index in [-0.39, 0.29) is 6.61 Å². The maximum Gasteiger partial charge on any atom is 0.168 e. The molecule has 1 aromatic heterocycles. The van der Waals surface area contributed by atoms with Gasteiger partial charge in [0, 0.05) is 6.54 Å². The van der Waals surface area contributed by atoms with Crippen molar-refractivity contribution >= 4 is 6.29 Å². The first-order valence-electron chi connectivity index (χ1n) is 7.41. The molecule has 2 heterocycles. The maximum atomic E-state index is 11.8. The summed E-state index contributed by atoms with van der Waals surface area (Å²) in [6, 6.07) is 0. The number of hydrogen-bond acceptors (Lipinski definition) is 6. The minimum absolute atomic E-state index is 0.148. The van der Waals surface area contributed by atoms with E-state index in [0.29, 0.717) is 13.2 Å². The van der Waals surface area contributed by atoms with Gasteiger partial charge in [-0.15, -0.1) is 0 Å². The summed E-state index contributed by atoms with van der Waals surface area (Å²) in [6.07, 6.45) is 10.2. The van der Waals surface area contributed by atoms with E-state index < -0.39 is 17.8 Å². The Balaban J connectivity index is 2.12. The van der Waals surface area contributed by atoms with Gasteiger partial charge < -0.3 is 14.6 Å². The third-order valence-corrected chi connectivity index (χ3v) is 4.23. The Kier molecular flexibility index (Phi) is 4.19. The number of rotatable bonds is 4. The Morgan fingerprint density at radius 3 is 2.95 bits per heavy atom. The van der Waals surface area contributed by atoms with Crippen LogP contribution in [0.1, 0.15) is 13.3 Å². The first-order valence-corrected chi connectivity index (χ1v) is 7.41. The molecule has 0 saturated carbocycles. The number of aromatic nitrogens is 3. The summed E-state index contributed by atoms with van der Waals surface area (Å²) in [6.45, 7) is 3.08. The van der Waals surface area contributed by atoms with Crippen LogP contribution in [-0.4, -0.2) is 57.3 Å². The van der Waals surface area contributed by atoms with Gasteiger partial charge in [0.1, 0.15) is 12.5 Å².